The highest BCUT2D eigenvalue weighted by Gasteiger charge is 2.10. The normalized spacial score (nSPS) is 10.2. The summed E-state index contributed by atoms with van der Waals surface area (Å²) in [4.78, 5) is 40.0. The van der Waals surface area contributed by atoms with Gasteiger partial charge in [0.15, 0.2) is 5.78 Å². The highest BCUT2D eigenvalue weighted by molar-refractivity contribution is 7.12. The molecule has 0 aromatic carbocycles. The molecule has 2 rings (SSSR count). The van der Waals surface area contributed by atoms with E-state index in [1.54, 1.807) is 24.4 Å². The Kier molecular flexibility index (Phi) is 7.75. The minimum atomic E-state index is -0.234. The second kappa shape index (κ2) is 10.3. The van der Waals surface area contributed by atoms with Crippen molar-refractivity contribution in [2.24, 2.45) is 0 Å². The van der Waals surface area contributed by atoms with Gasteiger partial charge in [0.2, 0.25) is 17.7 Å². The van der Waals surface area contributed by atoms with Crippen LogP contribution in [0, 0.1) is 0 Å². The lowest BCUT2D eigenvalue weighted by Gasteiger charge is -2.07. The van der Waals surface area contributed by atoms with Gasteiger partial charge in [-0.1, -0.05) is 12.1 Å². The summed E-state index contributed by atoms with van der Waals surface area (Å²) in [6.07, 6.45) is 2.10. The first-order chi connectivity index (χ1) is 12.6. The Morgan fingerprint density at radius 2 is 1.88 bits per heavy atom. The summed E-state index contributed by atoms with van der Waals surface area (Å²) < 4.78 is 4.97. The molecule has 2 amide bonds. The maximum atomic E-state index is 11.8. The minimum Gasteiger partial charge on any atom is -0.481 e. The van der Waals surface area contributed by atoms with Crippen molar-refractivity contribution in [1.82, 2.24) is 15.6 Å². The first-order valence-electron chi connectivity index (χ1n) is 8.17. The van der Waals surface area contributed by atoms with E-state index in [4.69, 9.17) is 4.74 Å². The Labute approximate surface area is 155 Å². The molecule has 2 N–H and O–H groups in total. The Morgan fingerprint density at radius 1 is 1.08 bits per heavy atom. The van der Waals surface area contributed by atoms with E-state index in [-0.39, 0.29) is 43.4 Å². The number of pyridine rings is 1. The van der Waals surface area contributed by atoms with E-state index in [0.717, 1.165) is 5.56 Å². The number of nitrogens with zero attached hydrogens (tertiary/aromatic N) is 1. The largest absolute Gasteiger partial charge is 0.481 e. The van der Waals surface area contributed by atoms with E-state index in [0.29, 0.717) is 17.3 Å². The zero-order valence-corrected chi connectivity index (χ0v) is 15.3. The molecule has 0 unspecified atom stereocenters. The summed E-state index contributed by atoms with van der Waals surface area (Å²) in [6, 6.07) is 7.09. The maximum absolute atomic E-state index is 11.8. The lowest BCUT2D eigenvalue weighted by molar-refractivity contribution is -0.122. The minimum absolute atomic E-state index is 0.0407. The molecule has 0 bridgehead atoms. The SMILES string of the molecule is COc1ccc(CNC(=O)CCNC(=O)CCC(=O)c2cccs2)cn1. The predicted octanol–water partition coefficient (Wildman–Crippen LogP) is 1.94. The van der Waals surface area contributed by atoms with Crippen LogP contribution in [0.3, 0.4) is 0 Å². The molecular formula is C18H21N3O4S. The van der Waals surface area contributed by atoms with Gasteiger partial charge in [0, 0.05) is 44.6 Å². The standard InChI is InChI=1S/C18H21N3O4S/c1-25-18-7-4-13(12-21-18)11-20-17(24)8-9-19-16(23)6-5-14(22)15-3-2-10-26-15/h2-4,7,10,12H,5-6,8-9,11H2,1H3,(H,19,23)(H,20,24). The molecule has 0 spiro atoms. The molecule has 0 radical (unpaired) electrons. The molecule has 0 aliphatic heterocycles. The summed E-state index contributed by atoms with van der Waals surface area (Å²) in [7, 11) is 1.54. The smallest absolute Gasteiger partial charge is 0.222 e. The molecule has 2 aromatic heterocycles. The highest BCUT2D eigenvalue weighted by Crippen LogP contribution is 2.12. The number of rotatable bonds is 10. The van der Waals surface area contributed by atoms with Crippen LogP contribution in [-0.2, 0) is 16.1 Å². The highest BCUT2D eigenvalue weighted by atomic mass is 32.1. The third kappa shape index (κ3) is 6.64. The van der Waals surface area contributed by atoms with Crippen molar-refractivity contribution in [3.05, 3.63) is 46.3 Å². The van der Waals surface area contributed by atoms with E-state index in [2.05, 4.69) is 15.6 Å². The number of thiophene rings is 1. The number of ether oxygens (including phenoxy) is 1. The van der Waals surface area contributed by atoms with E-state index in [1.165, 1.54) is 18.4 Å². The van der Waals surface area contributed by atoms with Crippen LogP contribution in [0.1, 0.15) is 34.5 Å². The van der Waals surface area contributed by atoms with Crippen LogP contribution >= 0.6 is 11.3 Å². The molecule has 0 fully saturated rings. The lowest BCUT2D eigenvalue weighted by Crippen LogP contribution is -2.30. The first kappa shape index (κ1) is 19.6. The number of methoxy groups -OCH3 is 1. The summed E-state index contributed by atoms with van der Waals surface area (Å²) >= 11 is 1.36. The van der Waals surface area contributed by atoms with Crippen LogP contribution in [0.5, 0.6) is 5.88 Å². The lowest BCUT2D eigenvalue weighted by atomic mass is 10.2. The molecule has 0 aliphatic rings. The molecule has 138 valence electrons. The van der Waals surface area contributed by atoms with Crippen molar-refractivity contribution in [3.8, 4) is 5.88 Å². The van der Waals surface area contributed by atoms with Crippen molar-refractivity contribution in [2.75, 3.05) is 13.7 Å². The van der Waals surface area contributed by atoms with Gasteiger partial charge in [0.1, 0.15) is 0 Å². The molecule has 2 aromatic rings. The molecule has 26 heavy (non-hydrogen) atoms. The third-order valence-corrected chi connectivity index (χ3v) is 4.46. The van der Waals surface area contributed by atoms with Crippen molar-refractivity contribution >= 4 is 28.9 Å². The Morgan fingerprint density at radius 3 is 2.54 bits per heavy atom. The van der Waals surface area contributed by atoms with Crippen molar-refractivity contribution in [3.63, 3.8) is 0 Å². The quantitative estimate of drug-likeness (QED) is 0.619. The Bertz CT molecular complexity index is 729. The number of Topliss-reactive ketones (excluding diaryl/α,β-unsaturated/α-hetero) is 1. The van der Waals surface area contributed by atoms with Gasteiger partial charge in [-0.15, -0.1) is 11.3 Å². The number of amides is 2. The number of ketones is 1. The number of nitrogens with one attached hydrogen (secondary N) is 2. The van der Waals surface area contributed by atoms with Gasteiger partial charge in [-0.05, 0) is 17.0 Å². The summed E-state index contributed by atoms with van der Waals surface area (Å²) in [5.74, 6) is 0.0687. The number of carbonyl (C=O) groups is 3. The molecule has 0 aliphatic carbocycles. The zero-order chi connectivity index (χ0) is 18.8. The van der Waals surface area contributed by atoms with E-state index in [1.807, 2.05) is 11.4 Å². The molecular weight excluding hydrogens is 354 g/mol. The first-order valence-corrected chi connectivity index (χ1v) is 9.05. The van der Waals surface area contributed by atoms with Crippen LogP contribution in [0.15, 0.2) is 35.8 Å². The summed E-state index contributed by atoms with van der Waals surface area (Å²) in [6.45, 7) is 0.595. The van der Waals surface area contributed by atoms with E-state index in [9.17, 15) is 14.4 Å². The monoisotopic (exact) mass is 375 g/mol. The number of hydrogen-bond donors (Lipinski definition) is 2. The third-order valence-electron chi connectivity index (χ3n) is 3.55. The van der Waals surface area contributed by atoms with Gasteiger partial charge >= 0.3 is 0 Å². The van der Waals surface area contributed by atoms with Crippen molar-refractivity contribution < 1.29 is 19.1 Å². The average molecular weight is 375 g/mol. The van der Waals surface area contributed by atoms with Gasteiger partial charge in [-0.3, -0.25) is 14.4 Å². The Hall–Kier alpha value is -2.74. The van der Waals surface area contributed by atoms with Crippen molar-refractivity contribution in [1.29, 1.82) is 0 Å². The summed E-state index contributed by atoms with van der Waals surface area (Å²) in [5, 5.41) is 7.23. The Balaban J connectivity index is 1.58. The molecule has 0 saturated carbocycles. The molecule has 2 heterocycles. The van der Waals surface area contributed by atoms with Gasteiger partial charge in [-0.25, -0.2) is 4.98 Å². The van der Waals surface area contributed by atoms with Gasteiger partial charge in [0.05, 0.1) is 12.0 Å². The number of carbonyl (C=O) groups excluding carboxylic acids is 3. The van der Waals surface area contributed by atoms with Crippen LogP contribution in [0.25, 0.3) is 0 Å². The fraction of sp³-hybridized carbons (Fsp3) is 0.333. The topological polar surface area (TPSA) is 97.4 Å². The van der Waals surface area contributed by atoms with Gasteiger partial charge < -0.3 is 15.4 Å². The van der Waals surface area contributed by atoms with Crippen LogP contribution < -0.4 is 15.4 Å². The van der Waals surface area contributed by atoms with Gasteiger partial charge in [0.25, 0.3) is 0 Å². The number of hydrogen-bond acceptors (Lipinski definition) is 6. The zero-order valence-electron chi connectivity index (χ0n) is 14.5. The fourth-order valence-corrected chi connectivity index (χ4v) is 2.81. The second-order valence-corrected chi connectivity index (χ2v) is 6.43. The van der Waals surface area contributed by atoms with Crippen LogP contribution in [0.4, 0.5) is 0 Å². The molecule has 7 nitrogen and oxygen atoms in total. The average Bonchev–Trinajstić information content (AvgIpc) is 3.19. The van der Waals surface area contributed by atoms with E-state index >= 15 is 0 Å². The van der Waals surface area contributed by atoms with Gasteiger partial charge in [-0.2, -0.15) is 0 Å². The second-order valence-electron chi connectivity index (χ2n) is 5.49. The molecule has 0 saturated heterocycles. The molecule has 8 heteroatoms. The van der Waals surface area contributed by atoms with Crippen molar-refractivity contribution in [2.45, 2.75) is 25.8 Å². The maximum Gasteiger partial charge on any atom is 0.222 e. The molecule has 0 atom stereocenters. The van der Waals surface area contributed by atoms with Crippen LogP contribution in [0.2, 0.25) is 0 Å². The predicted molar refractivity (Wildman–Crippen MR) is 98.1 cm³/mol. The van der Waals surface area contributed by atoms with E-state index < -0.39 is 0 Å². The number of aromatic nitrogens is 1. The summed E-state index contributed by atoms with van der Waals surface area (Å²) in [5.41, 5.74) is 0.857. The van der Waals surface area contributed by atoms with Crippen LogP contribution in [-0.4, -0.2) is 36.2 Å². The fourth-order valence-electron chi connectivity index (χ4n) is 2.12.